The first kappa shape index (κ1) is 17.2. The van der Waals surface area contributed by atoms with Crippen molar-refractivity contribution in [3.8, 4) is 0 Å². The highest BCUT2D eigenvalue weighted by molar-refractivity contribution is 5.95. The molecule has 0 aliphatic rings. The minimum absolute atomic E-state index is 0.0267. The van der Waals surface area contributed by atoms with Crippen molar-refractivity contribution in [1.82, 2.24) is 15.1 Å². The summed E-state index contributed by atoms with van der Waals surface area (Å²) in [6.07, 6.45) is 1.98. The molecule has 6 nitrogen and oxygen atoms in total. The molecule has 21 heavy (non-hydrogen) atoms. The maximum Gasteiger partial charge on any atom is 0.303 e. The molecule has 2 N–H and O–H groups in total. The Morgan fingerprint density at radius 1 is 1.43 bits per heavy atom. The largest absolute Gasteiger partial charge is 0.481 e. The van der Waals surface area contributed by atoms with E-state index in [1.54, 1.807) is 6.20 Å². The highest BCUT2D eigenvalue weighted by Gasteiger charge is 2.24. The Bertz CT molecular complexity index is 518. The van der Waals surface area contributed by atoms with E-state index < -0.39 is 11.5 Å². The number of amides is 1. The van der Waals surface area contributed by atoms with Crippen LogP contribution >= 0.6 is 0 Å². The van der Waals surface area contributed by atoms with E-state index >= 15 is 0 Å². The molecule has 1 heterocycles. The third-order valence-electron chi connectivity index (χ3n) is 3.30. The SMILES string of the molecule is Cc1c(C(=O)NC(C)(C)CCC(=O)O)cnn1CC(C)C. The standard InChI is InChI=1S/C15H25N3O3/c1-10(2)9-18-11(3)12(8-16-18)14(21)17-15(4,5)7-6-13(19)20/h8,10H,6-7,9H2,1-5H3,(H,17,21)(H,19,20). The number of carbonyl (C=O) groups is 2. The van der Waals surface area contributed by atoms with Crippen LogP contribution in [0.25, 0.3) is 0 Å². The Hall–Kier alpha value is -1.85. The summed E-state index contributed by atoms with van der Waals surface area (Å²) >= 11 is 0. The smallest absolute Gasteiger partial charge is 0.303 e. The molecule has 1 amide bonds. The van der Waals surface area contributed by atoms with Gasteiger partial charge in [-0.15, -0.1) is 0 Å². The lowest BCUT2D eigenvalue weighted by atomic mass is 9.98. The molecule has 0 aliphatic carbocycles. The van der Waals surface area contributed by atoms with Crippen molar-refractivity contribution in [2.24, 2.45) is 5.92 Å². The zero-order valence-corrected chi connectivity index (χ0v) is 13.4. The number of nitrogens with zero attached hydrogens (tertiary/aromatic N) is 2. The average Bonchev–Trinajstić information content (AvgIpc) is 2.67. The summed E-state index contributed by atoms with van der Waals surface area (Å²) in [7, 11) is 0. The lowest BCUT2D eigenvalue weighted by molar-refractivity contribution is -0.137. The molecule has 0 aromatic carbocycles. The van der Waals surface area contributed by atoms with Gasteiger partial charge in [-0.05, 0) is 33.1 Å². The number of carbonyl (C=O) groups excluding carboxylic acids is 1. The van der Waals surface area contributed by atoms with Crippen LogP contribution in [-0.2, 0) is 11.3 Å². The zero-order valence-electron chi connectivity index (χ0n) is 13.4. The van der Waals surface area contributed by atoms with Crippen molar-refractivity contribution < 1.29 is 14.7 Å². The van der Waals surface area contributed by atoms with E-state index in [1.807, 2.05) is 25.5 Å². The monoisotopic (exact) mass is 295 g/mol. The van der Waals surface area contributed by atoms with Gasteiger partial charge in [0.1, 0.15) is 0 Å². The fraction of sp³-hybridized carbons (Fsp3) is 0.667. The minimum atomic E-state index is -0.863. The number of rotatable bonds is 7. The van der Waals surface area contributed by atoms with Gasteiger partial charge < -0.3 is 10.4 Å². The molecule has 0 spiro atoms. The molecule has 0 radical (unpaired) electrons. The molecule has 118 valence electrons. The molecule has 1 rings (SSSR count). The van der Waals surface area contributed by atoms with Gasteiger partial charge >= 0.3 is 5.97 Å². The average molecular weight is 295 g/mol. The summed E-state index contributed by atoms with van der Waals surface area (Å²) in [5, 5.41) is 15.9. The zero-order chi connectivity index (χ0) is 16.2. The van der Waals surface area contributed by atoms with E-state index in [0.29, 0.717) is 17.9 Å². The van der Waals surface area contributed by atoms with Crippen molar-refractivity contribution in [1.29, 1.82) is 0 Å². The van der Waals surface area contributed by atoms with Crippen LogP contribution in [0.2, 0.25) is 0 Å². The molecular formula is C15H25N3O3. The van der Waals surface area contributed by atoms with E-state index in [1.165, 1.54) is 0 Å². The summed E-state index contributed by atoms with van der Waals surface area (Å²) in [6, 6.07) is 0. The first-order chi connectivity index (χ1) is 9.62. The van der Waals surface area contributed by atoms with Crippen LogP contribution in [0, 0.1) is 12.8 Å². The summed E-state index contributed by atoms with van der Waals surface area (Å²) < 4.78 is 1.82. The van der Waals surface area contributed by atoms with Gasteiger partial charge in [0.15, 0.2) is 0 Å². The lowest BCUT2D eigenvalue weighted by Gasteiger charge is -2.25. The van der Waals surface area contributed by atoms with Gasteiger partial charge in [0, 0.05) is 24.2 Å². The number of hydrogen-bond donors (Lipinski definition) is 2. The number of carboxylic acids is 1. The van der Waals surface area contributed by atoms with Crippen molar-refractivity contribution >= 4 is 11.9 Å². The number of carboxylic acid groups (broad SMARTS) is 1. The second-order valence-corrected chi connectivity index (χ2v) is 6.45. The van der Waals surface area contributed by atoms with Crippen LogP contribution in [0.4, 0.5) is 0 Å². The molecule has 0 fully saturated rings. The normalized spacial score (nSPS) is 11.7. The third-order valence-corrected chi connectivity index (χ3v) is 3.30. The topological polar surface area (TPSA) is 84.2 Å². The van der Waals surface area contributed by atoms with Crippen LogP contribution in [0.5, 0.6) is 0 Å². The Morgan fingerprint density at radius 2 is 2.05 bits per heavy atom. The Morgan fingerprint density at radius 3 is 2.57 bits per heavy atom. The molecule has 1 aromatic rings. The van der Waals surface area contributed by atoms with E-state index in [0.717, 1.165) is 12.2 Å². The summed E-state index contributed by atoms with van der Waals surface area (Å²) in [5.41, 5.74) is 0.802. The number of hydrogen-bond acceptors (Lipinski definition) is 3. The van der Waals surface area contributed by atoms with Crippen LogP contribution in [0.3, 0.4) is 0 Å². The predicted molar refractivity (Wildman–Crippen MR) is 80.2 cm³/mol. The molecule has 0 bridgehead atoms. The Balaban J connectivity index is 2.75. The summed E-state index contributed by atoms with van der Waals surface area (Å²) in [4.78, 5) is 22.9. The lowest BCUT2D eigenvalue weighted by Crippen LogP contribution is -2.43. The molecule has 0 atom stereocenters. The highest BCUT2D eigenvalue weighted by Crippen LogP contribution is 2.15. The quantitative estimate of drug-likeness (QED) is 0.808. The van der Waals surface area contributed by atoms with E-state index in [2.05, 4.69) is 24.3 Å². The molecule has 0 aliphatic heterocycles. The van der Waals surface area contributed by atoms with Crippen LogP contribution < -0.4 is 5.32 Å². The van der Waals surface area contributed by atoms with Crippen LogP contribution in [-0.4, -0.2) is 32.3 Å². The van der Waals surface area contributed by atoms with E-state index in [9.17, 15) is 9.59 Å². The molecule has 6 heteroatoms. The fourth-order valence-electron chi connectivity index (χ4n) is 2.06. The molecule has 0 saturated heterocycles. The third kappa shape index (κ3) is 5.21. The van der Waals surface area contributed by atoms with Gasteiger partial charge in [-0.1, -0.05) is 13.8 Å². The highest BCUT2D eigenvalue weighted by atomic mass is 16.4. The number of aromatic nitrogens is 2. The van der Waals surface area contributed by atoms with Gasteiger partial charge in [0.2, 0.25) is 0 Å². The van der Waals surface area contributed by atoms with Gasteiger partial charge in [0.05, 0.1) is 11.8 Å². The maximum absolute atomic E-state index is 12.3. The van der Waals surface area contributed by atoms with Gasteiger partial charge in [-0.2, -0.15) is 5.10 Å². The molecule has 0 saturated carbocycles. The van der Waals surface area contributed by atoms with E-state index in [-0.39, 0.29) is 12.3 Å². The summed E-state index contributed by atoms with van der Waals surface area (Å²) in [6.45, 7) is 10.5. The van der Waals surface area contributed by atoms with Crippen LogP contribution in [0.1, 0.15) is 56.6 Å². The number of aliphatic carboxylic acids is 1. The molecule has 1 aromatic heterocycles. The van der Waals surface area contributed by atoms with Crippen molar-refractivity contribution in [2.75, 3.05) is 0 Å². The minimum Gasteiger partial charge on any atom is -0.481 e. The second kappa shape index (κ2) is 6.74. The van der Waals surface area contributed by atoms with E-state index in [4.69, 9.17) is 5.11 Å². The number of nitrogens with one attached hydrogen (secondary N) is 1. The van der Waals surface area contributed by atoms with Crippen molar-refractivity contribution in [3.05, 3.63) is 17.5 Å². The fourth-order valence-corrected chi connectivity index (χ4v) is 2.06. The van der Waals surface area contributed by atoms with Crippen LogP contribution in [0.15, 0.2) is 6.20 Å². The summed E-state index contributed by atoms with van der Waals surface area (Å²) in [5.74, 6) is -0.623. The Kier molecular flexibility index (Phi) is 5.52. The molecular weight excluding hydrogens is 270 g/mol. The predicted octanol–water partition coefficient (Wildman–Crippen LogP) is 2.22. The first-order valence-corrected chi connectivity index (χ1v) is 7.19. The van der Waals surface area contributed by atoms with Crippen molar-refractivity contribution in [3.63, 3.8) is 0 Å². The first-order valence-electron chi connectivity index (χ1n) is 7.19. The van der Waals surface area contributed by atoms with Gasteiger partial charge in [-0.3, -0.25) is 14.3 Å². The maximum atomic E-state index is 12.3. The second-order valence-electron chi connectivity index (χ2n) is 6.45. The molecule has 0 unspecified atom stereocenters. The van der Waals surface area contributed by atoms with Gasteiger partial charge in [-0.25, -0.2) is 0 Å². The Labute approximate surface area is 125 Å². The van der Waals surface area contributed by atoms with Crippen molar-refractivity contribution in [2.45, 2.75) is 59.5 Å². The van der Waals surface area contributed by atoms with Gasteiger partial charge in [0.25, 0.3) is 5.91 Å².